The van der Waals surface area contributed by atoms with Gasteiger partial charge in [-0.25, -0.2) is 0 Å². The van der Waals surface area contributed by atoms with Crippen molar-refractivity contribution < 1.29 is 5.11 Å². The summed E-state index contributed by atoms with van der Waals surface area (Å²) in [5.41, 5.74) is 1.27. The molecule has 0 spiro atoms. The van der Waals surface area contributed by atoms with Crippen LogP contribution in [0.15, 0.2) is 24.5 Å². The Bertz CT molecular complexity index is 321. The van der Waals surface area contributed by atoms with Crippen molar-refractivity contribution in [2.24, 2.45) is 0 Å². The van der Waals surface area contributed by atoms with E-state index in [1.54, 1.807) is 0 Å². The number of aliphatic hydroxyl groups excluding tert-OH is 1. The zero-order chi connectivity index (χ0) is 12.1. The lowest BCUT2D eigenvalue weighted by Gasteiger charge is -2.35. The van der Waals surface area contributed by atoms with Crippen LogP contribution >= 0.6 is 0 Å². The molecule has 1 fully saturated rings. The number of hydrogen-bond donors (Lipinski definition) is 1. The summed E-state index contributed by atoms with van der Waals surface area (Å²) in [5, 5.41) is 9.34. The Hall–Kier alpha value is -0.970. The number of nitrogens with zero attached hydrogens (tertiary/aromatic N) is 3. The Labute approximate surface area is 103 Å². The molecule has 4 nitrogen and oxygen atoms in total. The number of aliphatic hydroxyl groups is 1. The fraction of sp³-hybridized carbons (Fsp3) is 0.615. The predicted octanol–water partition coefficient (Wildman–Crippen LogP) is 0.580. The molecule has 0 aromatic carbocycles. The maximum Gasteiger partial charge on any atom is 0.0639 e. The molecule has 17 heavy (non-hydrogen) atoms. The van der Waals surface area contributed by atoms with E-state index in [2.05, 4.69) is 20.9 Å². The molecule has 0 amide bonds. The van der Waals surface area contributed by atoms with E-state index in [1.165, 1.54) is 5.56 Å². The van der Waals surface area contributed by atoms with Crippen LogP contribution in [0.3, 0.4) is 0 Å². The first-order valence-corrected chi connectivity index (χ1v) is 6.26. The monoisotopic (exact) mass is 235 g/mol. The lowest BCUT2D eigenvalue weighted by molar-refractivity contribution is 0.0780. The van der Waals surface area contributed by atoms with Gasteiger partial charge in [0.25, 0.3) is 0 Å². The molecule has 0 bridgehead atoms. The second-order valence-corrected chi connectivity index (χ2v) is 4.79. The first kappa shape index (κ1) is 12.5. The minimum Gasteiger partial charge on any atom is -0.392 e. The van der Waals surface area contributed by atoms with Gasteiger partial charge < -0.3 is 5.11 Å². The van der Waals surface area contributed by atoms with Crippen LogP contribution in [-0.4, -0.2) is 58.7 Å². The molecule has 0 aliphatic carbocycles. The summed E-state index contributed by atoms with van der Waals surface area (Å²) in [6.07, 6.45) is 3.52. The molecule has 1 atom stereocenters. The van der Waals surface area contributed by atoms with Crippen molar-refractivity contribution in [2.75, 3.05) is 32.7 Å². The lowest BCUT2D eigenvalue weighted by Crippen LogP contribution is -2.47. The van der Waals surface area contributed by atoms with Crippen molar-refractivity contribution in [3.05, 3.63) is 30.1 Å². The first-order valence-electron chi connectivity index (χ1n) is 6.26. The lowest BCUT2D eigenvalue weighted by atomic mass is 10.2. The van der Waals surface area contributed by atoms with Crippen molar-refractivity contribution >= 4 is 0 Å². The van der Waals surface area contributed by atoms with Gasteiger partial charge in [0.2, 0.25) is 0 Å². The number of piperazine rings is 1. The second-order valence-electron chi connectivity index (χ2n) is 4.79. The van der Waals surface area contributed by atoms with E-state index in [0.29, 0.717) is 0 Å². The third-order valence-electron chi connectivity index (χ3n) is 3.12. The molecule has 2 rings (SSSR count). The van der Waals surface area contributed by atoms with Crippen LogP contribution in [0.2, 0.25) is 0 Å². The van der Waals surface area contributed by atoms with Crippen LogP contribution in [0.4, 0.5) is 0 Å². The summed E-state index contributed by atoms with van der Waals surface area (Å²) < 4.78 is 0. The quantitative estimate of drug-likeness (QED) is 0.828. The number of β-amino-alcohol motifs (C(OH)–C–C–N with tert-alkyl or cyclic N) is 1. The van der Waals surface area contributed by atoms with Gasteiger partial charge in [0, 0.05) is 51.7 Å². The Morgan fingerprint density at radius 3 is 2.59 bits per heavy atom. The average molecular weight is 235 g/mol. The van der Waals surface area contributed by atoms with E-state index in [-0.39, 0.29) is 6.10 Å². The number of pyridine rings is 1. The second kappa shape index (κ2) is 6.10. The van der Waals surface area contributed by atoms with Crippen molar-refractivity contribution in [1.29, 1.82) is 0 Å². The summed E-state index contributed by atoms with van der Waals surface area (Å²) in [6.45, 7) is 7.86. The van der Waals surface area contributed by atoms with E-state index in [4.69, 9.17) is 0 Å². The van der Waals surface area contributed by atoms with Crippen LogP contribution in [0, 0.1) is 0 Å². The first-order chi connectivity index (χ1) is 8.24. The zero-order valence-electron chi connectivity index (χ0n) is 10.4. The van der Waals surface area contributed by atoms with Crippen molar-refractivity contribution in [3.8, 4) is 0 Å². The number of aromatic nitrogens is 1. The molecule has 1 saturated heterocycles. The molecule has 1 aliphatic rings. The minimum atomic E-state index is -0.222. The molecule has 1 aromatic heterocycles. The van der Waals surface area contributed by atoms with Gasteiger partial charge in [0.15, 0.2) is 0 Å². The molecule has 0 unspecified atom stereocenters. The molecular formula is C13H21N3O. The zero-order valence-corrected chi connectivity index (χ0v) is 10.4. The average Bonchev–Trinajstić information content (AvgIpc) is 2.32. The van der Waals surface area contributed by atoms with Gasteiger partial charge in [-0.2, -0.15) is 0 Å². The molecule has 94 valence electrons. The summed E-state index contributed by atoms with van der Waals surface area (Å²) >= 11 is 0. The highest BCUT2D eigenvalue weighted by Crippen LogP contribution is 2.07. The molecule has 1 N–H and O–H groups in total. The van der Waals surface area contributed by atoms with E-state index < -0.39 is 0 Å². The maximum atomic E-state index is 9.34. The highest BCUT2D eigenvalue weighted by Gasteiger charge is 2.17. The molecule has 1 aromatic rings. The fourth-order valence-corrected chi connectivity index (χ4v) is 2.25. The summed E-state index contributed by atoms with van der Waals surface area (Å²) in [5.74, 6) is 0. The van der Waals surface area contributed by atoms with Gasteiger partial charge in [0.1, 0.15) is 0 Å². The molecule has 1 aliphatic heterocycles. The number of hydrogen-bond acceptors (Lipinski definition) is 4. The molecule has 4 heteroatoms. The van der Waals surface area contributed by atoms with Gasteiger partial charge in [-0.1, -0.05) is 6.07 Å². The summed E-state index contributed by atoms with van der Waals surface area (Å²) in [6, 6.07) is 4.11. The Morgan fingerprint density at radius 2 is 2.00 bits per heavy atom. The third kappa shape index (κ3) is 4.07. The van der Waals surface area contributed by atoms with Crippen LogP contribution < -0.4 is 0 Å². The van der Waals surface area contributed by atoms with E-state index >= 15 is 0 Å². The van der Waals surface area contributed by atoms with Crippen LogP contribution in [0.1, 0.15) is 12.5 Å². The van der Waals surface area contributed by atoms with E-state index in [0.717, 1.165) is 39.3 Å². The largest absolute Gasteiger partial charge is 0.392 e. The smallest absolute Gasteiger partial charge is 0.0639 e. The van der Waals surface area contributed by atoms with Crippen molar-refractivity contribution in [2.45, 2.75) is 19.6 Å². The Morgan fingerprint density at radius 1 is 1.29 bits per heavy atom. The Kier molecular flexibility index (Phi) is 4.48. The standard InChI is InChI=1S/C13H21N3O/c1-12(17)10-15-5-7-16(8-6-15)11-13-3-2-4-14-9-13/h2-4,9,12,17H,5-8,10-11H2,1H3/t12-/m1/s1. The van der Waals surface area contributed by atoms with Gasteiger partial charge >= 0.3 is 0 Å². The van der Waals surface area contributed by atoms with Gasteiger partial charge in [0.05, 0.1) is 6.10 Å². The van der Waals surface area contributed by atoms with E-state index in [9.17, 15) is 5.11 Å². The fourth-order valence-electron chi connectivity index (χ4n) is 2.25. The van der Waals surface area contributed by atoms with Crippen LogP contribution in [0.25, 0.3) is 0 Å². The van der Waals surface area contributed by atoms with Crippen LogP contribution in [-0.2, 0) is 6.54 Å². The van der Waals surface area contributed by atoms with Crippen molar-refractivity contribution in [3.63, 3.8) is 0 Å². The highest BCUT2D eigenvalue weighted by molar-refractivity contribution is 5.08. The normalized spacial score (nSPS) is 20.4. The van der Waals surface area contributed by atoms with Gasteiger partial charge in [-0.05, 0) is 18.6 Å². The summed E-state index contributed by atoms with van der Waals surface area (Å²) in [4.78, 5) is 8.90. The van der Waals surface area contributed by atoms with E-state index in [1.807, 2.05) is 25.4 Å². The Balaban J connectivity index is 1.76. The van der Waals surface area contributed by atoms with Gasteiger partial charge in [-0.3, -0.25) is 14.8 Å². The molecule has 0 saturated carbocycles. The van der Waals surface area contributed by atoms with Crippen molar-refractivity contribution in [1.82, 2.24) is 14.8 Å². The summed E-state index contributed by atoms with van der Waals surface area (Å²) in [7, 11) is 0. The predicted molar refractivity (Wildman–Crippen MR) is 67.6 cm³/mol. The maximum absolute atomic E-state index is 9.34. The highest BCUT2D eigenvalue weighted by atomic mass is 16.3. The molecule has 0 radical (unpaired) electrons. The SMILES string of the molecule is C[C@@H](O)CN1CCN(Cc2cccnc2)CC1. The molecule has 2 heterocycles. The topological polar surface area (TPSA) is 39.6 Å². The minimum absolute atomic E-state index is 0.222. The van der Waals surface area contributed by atoms with Gasteiger partial charge in [-0.15, -0.1) is 0 Å². The number of rotatable bonds is 4. The van der Waals surface area contributed by atoms with Crippen LogP contribution in [0.5, 0.6) is 0 Å². The third-order valence-corrected chi connectivity index (χ3v) is 3.12. The molecular weight excluding hydrogens is 214 g/mol.